The molecule has 0 aliphatic heterocycles. The number of rotatable bonds is 4. The first-order chi connectivity index (χ1) is 11.1. The highest BCUT2D eigenvalue weighted by Crippen LogP contribution is 2.44. The third kappa shape index (κ3) is 2.42. The maximum atomic E-state index is 11.8. The summed E-state index contributed by atoms with van der Waals surface area (Å²) in [4.78, 5) is 22.9. The molecule has 3 rings (SSSR count). The van der Waals surface area contributed by atoms with Crippen molar-refractivity contribution >= 4 is 29.3 Å². The van der Waals surface area contributed by atoms with Crippen molar-refractivity contribution in [1.82, 2.24) is 0 Å². The quantitative estimate of drug-likeness (QED) is 0.633. The van der Waals surface area contributed by atoms with Crippen LogP contribution in [0.2, 0.25) is 0 Å². The molecule has 1 atom stereocenters. The summed E-state index contributed by atoms with van der Waals surface area (Å²) >= 11 is 0. The smallest absolute Gasteiger partial charge is 0.302 e. The molecular weight excluding hydrogens is 296 g/mol. The number of carbonyl (C=O) groups excluding carboxylic acids is 2. The van der Waals surface area contributed by atoms with E-state index >= 15 is 0 Å². The van der Waals surface area contributed by atoms with E-state index in [0.717, 1.165) is 23.8 Å². The zero-order valence-corrected chi connectivity index (χ0v) is 13.3. The van der Waals surface area contributed by atoms with Gasteiger partial charge in [-0.05, 0) is 17.9 Å². The van der Waals surface area contributed by atoms with E-state index in [-0.39, 0.29) is 18.5 Å². The van der Waals surface area contributed by atoms with Crippen LogP contribution >= 0.6 is 0 Å². The lowest BCUT2D eigenvalue weighted by Gasteiger charge is -2.22. The van der Waals surface area contributed by atoms with Gasteiger partial charge in [0.15, 0.2) is 17.6 Å². The molecule has 5 heteroatoms. The van der Waals surface area contributed by atoms with Gasteiger partial charge in [-0.2, -0.15) is 0 Å². The lowest BCUT2D eigenvalue weighted by atomic mass is 9.83. The Bertz CT molecular complexity index is 813. The molecule has 0 saturated carbocycles. The van der Waals surface area contributed by atoms with Crippen LogP contribution in [0.15, 0.2) is 16.8 Å². The molecule has 1 aliphatic rings. The van der Waals surface area contributed by atoms with Gasteiger partial charge in [-0.1, -0.05) is 19.1 Å². The molecule has 0 fully saturated rings. The molecule has 0 N–H and O–H groups in total. The van der Waals surface area contributed by atoms with E-state index in [9.17, 15) is 9.59 Å². The molecule has 0 saturated heterocycles. The topological polar surface area (TPSA) is 65.7 Å². The standard InChI is InChI=1S/C18H18O5/c1-10-5-4-6-13-15(10)14(7-19)16-12(8-22-11(2)20)9-23-18(16)17(13)21-3/h4,6-7,9-10H,5,8H2,1-3H3/t10-/m0/s1. The Morgan fingerprint density at radius 3 is 2.91 bits per heavy atom. The van der Waals surface area contributed by atoms with Crippen molar-refractivity contribution in [3.8, 4) is 5.75 Å². The fourth-order valence-electron chi connectivity index (χ4n) is 3.20. The lowest BCUT2D eigenvalue weighted by molar-refractivity contribution is -0.142. The molecule has 5 nitrogen and oxygen atoms in total. The SMILES string of the molecule is COc1c2c(c(C=O)c3c(COC(C)=O)coc13)[C@@H](C)CC=C2. The Morgan fingerprint density at radius 2 is 2.26 bits per heavy atom. The zero-order valence-electron chi connectivity index (χ0n) is 13.3. The van der Waals surface area contributed by atoms with E-state index in [1.165, 1.54) is 13.2 Å². The van der Waals surface area contributed by atoms with E-state index in [1.54, 1.807) is 7.11 Å². The molecule has 23 heavy (non-hydrogen) atoms. The summed E-state index contributed by atoms with van der Waals surface area (Å²) in [5, 5.41) is 0.666. The van der Waals surface area contributed by atoms with Gasteiger partial charge < -0.3 is 13.9 Å². The van der Waals surface area contributed by atoms with Crippen molar-refractivity contribution in [2.75, 3.05) is 7.11 Å². The van der Waals surface area contributed by atoms with Crippen LogP contribution in [0.1, 0.15) is 53.2 Å². The number of fused-ring (bicyclic) bond motifs is 2. The highest BCUT2D eigenvalue weighted by Gasteiger charge is 2.27. The van der Waals surface area contributed by atoms with Crippen molar-refractivity contribution < 1.29 is 23.5 Å². The molecule has 0 spiro atoms. The fraction of sp³-hybridized carbons (Fsp3) is 0.333. The lowest BCUT2D eigenvalue weighted by Crippen LogP contribution is -2.08. The molecule has 0 unspecified atom stereocenters. The minimum atomic E-state index is -0.381. The monoisotopic (exact) mass is 314 g/mol. The Balaban J connectivity index is 2.32. The number of carbonyl (C=O) groups is 2. The maximum Gasteiger partial charge on any atom is 0.302 e. The minimum Gasteiger partial charge on any atom is -0.492 e. The number of allylic oxidation sites excluding steroid dienone is 1. The molecule has 1 aliphatic carbocycles. The van der Waals surface area contributed by atoms with Crippen LogP contribution in [0.4, 0.5) is 0 Å². The summed E-state index contributed by atoms with van der Waals surface area (Å²) in [5.74, 6) is 0.427. The third-order valence-corrected chi connectivity index (χ3v) is 4.19. The van der Waals surface area contributed by atoms with Gasteiger partial charge in [0.05, 0.1) is 13.4 Å². The zero-order chi connectivity index (χ0) is 16.6. The van der Waals surface area contributed by atoms with Crippen LogP contribution in [0.5, 0.6) is 5.75 Å². The number of esters is 1. The summed E-state index contributed by atoms with van der Waals surface area (Å²) in [6.07, 6.45) is 7.26. The second-order valence-corrected chi connectivity index (χ2v) is 5.68. The summed E-state index contributed by atoms with van der Waals surface area (Å²) < 4.78 is 16.3. The number of furan rings is 1. The van der Waals surface area contributed by atoms with Crippen LogP contribution in [0.25, 0.3) is 17.0 Å². The van der Waals surface area contributed by atoms with Gasteiger partial charge in [-0.25, -0.2) is 0 Å². The second-order valence-electron chi connectivity index (χ2n) is 5.68. The fourth-order valence-corrected chi connectivity index (χ4v) is 3.20. The summed E-state index contributed by atoms with van der Waals surface area (Å²) in [6.45, 7) is 3.49. The molecule has 0 amide bonds. The van der Waals surface area contributed by atoms with E-state index < -0.39 is 0 Å². The van der Waals surface area contributed by atoms with Crippen LogP contribution in [-0.2, 0) is 16.1 Å². The van der Waals surface area contributed by atoms with Crippen molar-refractivity contribution in [1.29, 1.82) is 0 Å². The van der Waals surface area contributed by atoms with Gasteiger partial charge in [-0.15, -0.1) is 0 Å². The first-order valence-electron chi connectivity index (χ1n) is 7.47. The van der Waals surface area contributed by atoms with Crippen molar-refractivity contribution in [3.63, 3.8) is 0 Å². The summed E-state index contributed by atoms with van der Waals surface area (Å²) in [7, 11) is 1.58. The van der Waals surface area contributed by atoms with Gasteiger partial charge >= 0.3 is 5.97 Å². The van der Waals surface area contributed by atoms with Gasteiger partial charge in [-0.3, -0.25) is 9.59 Å². The molecule has 0 bridgehead atoms. The first-order valence-corrected chi connectivity index (χ1v) is 7.47. The Labute approximate surface area is 133 Å². The predicted octanol–water partition coefficient (Wildman–Crippen LogP) is 3.84. The molecule has 1 aromatic carbocycles. The Morgan fingerprint density at radius 1 is 1.48 bits per heavy atom. The molecular formula is C18H18O5. The van der Waals surface area contributed by atoms with Crippen molar-refractivity contribution in [2.24, 2.45) is 0 Å². The number of benzene rings is 1. The molecule has 120 valence electrons. The van der Waals surface area contributed by atoms with Crippen molar-refractivity contribution in [3.05, 3.63) is 34.6 Å². The largest absolute Gasteiger partial charge is 0.492 e. The predicted molar refractivity (Wildman–Crippen MR) is 85.7 cm³/mol. The molecule has 0 radical (unpaired) electrons. The average molecular weight is 314 g/mol. The highest BCUT2D eigenvalue weighted by atomic mass is 16.5. The number of hydrogen-bond donors (Lipinski definition) is 0. The van der Waals surface area contributed by atoms with Crippen LogP contribution in [-0.4, -0.2) is 19.4 Å². The normalized spacial score (nSPS) is 16.2. The summed E-state index contributed by atoms with van der Waals surface area (Å²) in [6, 6.07) is 0. The Kier molecular flexibility index (Phi) is 3.94. The highest BCUT2D eigenvalue weighted by molar-refractivity contribution is 6.05. The van der Waals surface area contributed by atoms with Crippen LogP contribution in [0, 0.1) is 0 Å². The molecule has 1 heterocycles. The van der Waals surface area contributed by atoms with Crippen LogP contribution < -0.4 is 4.74 Å². The molecule has 1 aromatic heterocycles. The van der Waals surface area contributed by atoms with Gasteiger partial charge in [0.25, 0.3) is 0 Å². The molecule has 2 aromatic rings. The number of aldehydes is 1. The minimum absolute atomic E-state index is 0.0648. The number of methoxy groups -OCH3 is 1. The first kappa shape index (κ1) is 15.3. The number of ether oxygens (including phenoxy) is 2. The number of hydrogen-bond acceptors (Lipinski definition) is 5. The third-order valence-electron chi connectivity index (χ3n) is 4.19. The Hall–Kier alpha value is -2.56. The van der Waals surface area contributed by atoms with E-state index in [2.05, 4.69) is 13.0 Å². The van der Waals surface area contributed by atoms with Crippen molar-refractivity contribution in [2.45, 2.75) is 32.8 Å². The maximum absolute atomic E-state index is 11.8. The average Bonchev–Trinajstić information content (AvgIpc) is 2.94. The summed E-state index contributed by atoms with van der Waals surface area (Å²) in [5.41, 5.74) is 3.60. The second kappa shape index (κ2) is 5.91. The van der Waals surface area contributed by atoms with Gasteiger partial charge in [0.1, 0.15) is 6.61 Å². The van der Waals surface area contributed by atoms with E-state index in [1.807, 2.05) is 6.08 Å². The van der Waals surface area contributed by atoms with Gasteiger partial charge in [0.2, 0.25) is 0 Å². The van der Waals surface area contributed by atoms with Gasteiger partial charge in [0, 0.05) is 29.0 Å². The van der Waals surface area contributed by atoms with E-state index in [4.69, 9.17) is 13.9 Å². The van der Waals surface area contributed by atoms with E-state index in [0.29, 0.717) is 27.8 Å². The van der Waals surface area contributed by atoms with Crippen LogP contribution in [0.3, 0.4) is 0 Å².